The first-order valence-corrected chi connectivity index (χ1v) is 6.16. The molecule has 1 atom stereocenters. The van der Waals surface area contributed by atoms with Crippen molar-refractivity contribution in [2.45, 2.75) is 26.2 Å². The van der Waals surface area contributed by atoms with Crippen LogP contribution in [-0.4, -0.2) is 24.6 Å². The smallest absolute Gasteiger partial charge is 0.126 e. The summed E-state index contributed by atoms with van der Waals surface area (Å²) in [6, 6.07) is 4.25. The van der Waals surface area contributed by atoms with Gasteiger partial charge in [0.2, 0.25) is 0 Å². The molecule has 0 aromatic carbocycles. The van der Waals surface area contributed by atoms with E-state index in [-0.39, 0.29) is 0 Å². The van der Waals surface area contributed by atoms with Gasteiger partial charge in [0, 0.05) is 12.7 Å². The number of hydrogen-bond acceptors (Lipinski definition) is 3. The standard InChI is InChI=1S/C13H21N3/c1-10(2)12-4-6-15-13(7-12)16-9-11-3-5-14-8-11/h4,6-7,10-11,14H,3,5,8-9H2,1-2H3,(H,15,16). The van der Waals surface area contributed by atoms with Gasteiger partial charge in [0.25, 0.3) is 0 Å². The van der Waals surface area contributed by atoms with E-state index in [4.69, 9.17) is 0 Å². The number of rotatable bonds is 4. The number of nitrogens with zero attached hydrogens (tertiary/aromatic N) is 1. The second kappa shape index (κ2) is 5.30. The van der Waals surface area contributed by atoms with Crippen molar-refractivity contribution in [3.8, 4) is 0 Å². The van der Waals surface area contributed by atoms with E-state index in [1.165, 1.54) is 12.0 Å². The lowest BCUT2D eigenvalue weighted by Gasteiger charge is -2.12. The molecule has 1 saturated heterocycles. The molecule has 0 saturated carbocycles. The fraction of sp³-hybridized carbons (Fsp3) is 0.615. The van der Waals surface area contributed by atoms with E-state index in [0.717, 1.165) is 31.4 Å². The molecule has 16 heavy (non-hydrogen) atoms. The molecular weight excluding hydrogens is 198 g/mol. The normalized spacial score (nSPS) is 20.3. The van der Waals surface area contributed by atoms with Crippen molar-refractivity contribution in [2.75, 3.05) is 25.0 Å². The molecule has 1 fully saturated rings. The predicted molar refractivity (Wildman–Crippen MR) is 67.8 cm³/mol. The van der Waals surface area contributed by atoms with Crippen molar-refractivity contribution < 1.29 is 0 Å². The van der Waals surface area contributed by atoms with Gasteiger partial charge in [0.1, 0.15) is 5.82 Å². The lowest BCUT2D eigenvalue weighted by molar-refractivity contribution is 0.614. The minimum atomic E-state index is 0.566. The third kappa shape index (κ3) is 2.95. The summed E-state index contributed by atoms with van der Waals surface area (Å²) in [5.41, 5.74) is 1.35. The van der Waals surface area contributed by atoms with Crippen molar-refractivity contribution in [3.05, 3.63) is 23.9 Å². The number of pyridine rings is 1. The third-order valence-corrected chi connectivity index (χ3v) is 3.18. The minimum absolute atomic E-state index is 0.566. The van der Waals surface area contributed by atoms with Crippen LogP contribution in [0.15, 0.2) is 18.3 Å². The second-order valence-electron chi connectivity index (χ2n) is 4.87. The first kappa shape index (κ1) is 11.4. The molecule has 1 aliphatic heterocycles. The van der Waals surface area contributed by atoms with E-state index in [1.54, 1.807) is 0 Å². The molecule has 0 aliphatic carbocycles. The van der Waals surface area contributed by atoms with Crippen LogP contribution >= 0.6 is 0 Å². The fourth-order valence-corrected chi connectivity index (χ4v) is 2.04. The van der Waals surface area contributed by atoms with Crippen molar-refractivity contribution in [1.29, 1.82) is 0 Å². The summed E-state index contributed by atoms with van der Waals surface area (Å²) in [7, 11) is 0. The molecule has 1 aromatic heterocycles. The highest BCUT2D eigenvalue weighted by Crippen LogP contribution is 2.17. The molecule has 2 rings (SSSR count). The van der Waals surface area contributed by atoms with Gasteiger partial charge in [-0.25, -0.2) is 4.98 Å². The maximum Gasteiger partial charge on any atom is 0.126 e. The Balaban J connectivity index is 1.90. The van der Waals surface area contributed by atoms with Gasteiger partial charge in [-0.3, -0.25) is 0 Å². The molecule has 1 aromatic rings. The van der Waals surface area contributed by atoms with Gasteiger partial charge in [-0.05, 0) is 49.0 Å². The summed E-state index contributed by atoms with van der Waals surface area (Å²) in [6.45, 7) is 7.74. The van der Waals surface area contributed by atoms with E-state index in [1.807, 2.05) is 6.20 Å². The van der Waals surface area contributed by atoms with Crippen LogP contribution in [0.2, 0.25) is 0 Å². The van der Waals surface area contributed by atoms with Crippen molar-refractivity contribution >= 4 is 5.82 Å². The molecule has 2 N–H and O–H groups in total. The van der Waals surface area contributed by atoms with Gasteiger partial charge in [-0.1, -0.05) is 13.8 Å². The maximum absolute atomic E-state index is 4.35. The Bertz CT molecular complexity index is 330. The summed E-state index contributed by atoms with van der Waals surface area (Å²) in [5, 5.41) is 6.81. The molecule has 3 heteroatoms. The van der Waals surface area contributed by atoms with Crippen LogP contribution in [0.25, 0.3) is 0 Å². The van der Waals surface area contributed by atoms with Gasteiger partial charge in [0.05, 0.1) is 0 Å². The Labute approximate surface area is 97.7 Å². The highest BCUT2D eigenvalue weighted by Gasteiger charge is 2.13. The highest BCUT2D eigenvalue weighted by molar-refractivity contribution is 5.38. The van der Waals surface area contributed by atoms with Crippen LogP contribution in [-0.2, 0) is 0 Å². The van der Waals surface area contributed by atoms with Gasteiger partial charge in [-0.15, -0.1) is 0 Å². The molecular formula is C13H21N3. The SMILES string of the molecule is CC(C)c1ccnc(NCC2CCNC2)c1. The van der Waals surface area contributed by atoms with Gasteiger partial charge < -0.3 is 10.6 Å². The largest absolute Gasteiger partial charge is 0.370 e. The van der Waals surface area contributed by atoms with Crippen molar-refractivity contribution in [3.63, 3.8) is 0 Å². The summed E-state index contributed by atoms with van der Waals surface area (Å²) < 4.78 is 0. The van der Waals surface area contributed by atoms with E-state index in [0.29, 0.717) is 5.92 Å². The third-order valence-electron chi connectivity index (χ3n) is 3.18. The van der Waals surface area contributed by atoms with Crippen LogP contribution in [0.5, 0.6) is 0 Å². The molecule has 0 amide bonds. The topological polar surface area (TPSA) is 37.0 Å². The first-order chi connectivity index (χ1) is 7.75. The van der Waals surface area contributed by atoms with E-state index < -0.39 is 0 Å². The van der Waals surface area contributed by atoms with Gasteiger partial charge >= 0.3 is 0 Å². The molecule has 1 aliphatic rings. The molecule has 88 valence electrons. The molecule has 0 spiro atoms. The Morgan fingerprint density at radius 1 is 1.56 bits per heavy atom. The average Bonchev–Trinajstić information content (AvgIpc) is 2.79. The quantitative estimate of drug-likeness (QED) is 0.815. The van der Waals surface area contributed by atoms with E-state index in [2.05, 4.69) is 41.6 Å². The number of aromatic nitrogens is 1. The van der Waals surface area contributed by atoms with Crippen LogP contribution in [0.1, 0.15) is 31.7 Å². The summed E-state index contributed by atoms with van der Waals surface area (Å²) in [5.74, 6) is 2.33. The van der Waals surface area contributed by atoms with Gasteiger partial charge in [-0.2, -0.15) is 0 Å². The van der Waals surface area contributed by atoms with Gasteiger partial charge in [0.15, 0.2) is 0 Å². The molecule has 0 bridgehead atoms. The summed E-state index contributed by atoms with van der Waals surface area (Å²) >= 11 is 0. The number of anilines is 1. The molecule has 1 unspecified atom stereocenters. The maximum atomic E-state index is 4.35. The lowest BCUT2D eigenvalue weighted by Crippen LogP contribution is -2.17. The Kier molecular flexibility index (Phi) is 3.78. The van der Waals surface area contributed by atoms with Crippen molar-refractivity contribution in [2.24, 2.45) is 5.92 Å². The zero-order valence-corrected chi connectivity index (χ0v) is 10.2. The molecule has 3 nitrogen and oxygen atoms in total. The Morgan fingerprint density at radius 2 is 2.44 bits per heavy atom. The second-order valence-corrected chi connectivity index (χ2v) is 4.87. The molecule has 2 heterocycles. The average molecular weight is 219 g/mol. The van der Waals surface area contributed by atoms with Crippen molar-refractivity contribution in [1.82, 2.24) is 10.3 Å². The predicted octanol–water partition coefficient (Wildman–Crippen LogP) is 2.23. The Morgan fingerprint density at radius 3 is 3.12 bits per heavy atom. The lowest BCUT2D eigenvalue weighted by atomic mass is 10.1. The van der Waals surface area contributed by atoms with Crippen LogP contribution < -0.4 is 10.6 Å². The molecule has 0 radical (unpaired) electrons. The first-order valence-electron chi connectivity index (χ1n) is 6.16. The highest BCUT2D eigenvalue weighted by atomic mass is 15.0. The number of hydrogen-bond donors (Lipinski definition) is 2. The summed E-state index contributed by atoms with van der Waals surface area (Å²) in [6.07, 6.45) is 3.17. The zero-order chi connectivity index (χ0) is 11.4. The van der Waals surface area contributed by atoms with Crippen LogP contribution in [0, 0.1) is 5.92 Å². The number of nitrogens with one attached hydrogen (secondary N) is 2. The summed E-state index contributed by atoms with van der Waals surface area (Å²) in [4.78, 5) is 4.35. The zero-order valence-electron chi connectivity index (χ0n) is 10.2. The van der Waals surface area contributed by atoms with Crippen LogP contribution in [0.3, 0.4) is 0 Å². The Hall–Kier alpha value is -1.09. The fourth-order valence-electron chi connectivity index (χ4n) is 2.04. The van der Waals surface area contributed by atoms with E-state index >= 15 is 0 Å². The monoisotopic (exact) mass is 219 g/mol. The van der Waals surface area contributed by atoms with E-state index in [9.17, 15) is 0 Å². The minimum Gasteiger partial charge on any atom is -0.370 e. The van der Waals surface area contributed by atoms with Crippen LogP contribution in [0.4, 0.5) is 5.82 Å².